The molecule has 0 bridgehead atoms. The largest absolute Gasteiger partial charge is 0.362 e. The number of ketones is 1. The number of nitrogens with zero attached hydrogens (tertiary/aromatic N) is 3. The number of carbonyl (C=O) groups is 2. The fourth-order valence-electron chi connectivity index (χ4n) is 3.95. The Morgan fingerprint density at radius 1 is 1.03 bits per heavy atom. The van der Waals surface area contributed by atoms with Crippen LogP contribution in [0.4, 0.5) is 10.2 Å². The maximum atomic E-state index is 13.1. The van der Waals surface area contributed by atoms with Crippen LogP contribution in [0.3, 0.4) is 0 Å². The average Bonchev–Trinajstić information content (AvgIpc) is 3.60. The van der Waals surface area contributed by atoms with Crippen molar-refractivity contribution in [2.75, 3.05) is 19.0 Å². The van der Waals surface area contributed by atoms with E-state index in [0.717, 1.165) is 40.7 Å². The van der Waals surface area contributed by atoms with Crippen LogP contribution in [0, 0.1) is 12.7 Å². The van der Waals surface area contributed by atoms with Gasteiger partial charge < -0.3 is 9.80 Å². The summed E-state index contributed by atoms with van der Waals surface area (Å²) in [6, 6.07) is 14.0. The lowest BCUT2D eigenvalue weighted by Crippen LogP contribution is -2.33. The molecule has 1 saturated carbocycles. The summed E-state index contributed by atoms with van der Waals surface area (Å²) < 4.78 is 13.1. The number of halogens is 1. The maximum absolute atomic E-state index is 13.1. The summed E-state index contributed by atoms with van der Waals surface area (Å²) >= 11 is 0. The summed E-state index contributed by atoms with van der Waals surface area (Å²) in [5.74, 6) is 0.291. The number of amides is 1. The standard InChI is InChI=1S/C26H28FN3O2/c1-17-4-5-19-15-20(26(29(2)3)28-23(19)14-17)16-30(22-10-11-22)25(32)13-12-24(31)18-6-8-21(27)9-7-18/h4-9,14-15,22H,10-13,16H2,1-3H3. The van der Waals surface area contributed by atoms with Crippen molar-refractivity contribution in [3.8, 4) is 0 Å². The number of carbonyl (C=O) groups excluding carboxylic acids is 2. The third-order valence-electron chi connectivity index (χ3n) is 5.83. The minimum Gasteiger partial charge on any atom is -0.362 e. The van der Waals surface area contributed by atoms with Crippen LogP contribution in [0.5, 0.6) is 0 Å². The van der Waals surface area contributed by atoms with E-state index in [2.05, 4.69) is 24.3 Å². The minimum absolute atomic E-state index is 0.0309. The smallest absolute Gasteiger partial charge is 0.223 e. The van der Waals surface area contributed by atoms with Gasteiger partial charge in [0.25, 0.3) is 0 Å². The molecule has 1 heterocycles. The molecule has 5 nitrogen and oxygen atoms in total. The Morgan fingerprint density at radius 2 is 1.75 bits per heavy atom. The third kappa shape index (κ3) is 4.96. The van der Waals surface area contributed by atoms with Gasteiger partial charge in [-0.15, -0.1) is 0 Å². The molecule has 0 atom stereocenters. The Balaban J connectivity index is 1.52. The first-order valence-corrected chi connectivity index (χ1v) is 11.0. The van der Waals surface area contributed by atoms with Crippen molar-refractivity contribution in [3.63, 3.8) is 0 Å². The van der Waals surface area contributed by atoms with Crippen molar-refractivity contribution in [1.29, 1.82) is 0 Å². The number of aryl methyl sites for hydroxylation is 1. The Morgan fingerprint density at radius 3 is 2.41 bits per heavy atom. The number of aromatic nitrogens is 1. The van der Waals surface area contributed by atoms with Gasteiger partial charge >= 0.3 is 0 Å². The molecule has 0 radical (unpaired) electrons. The molecule has 0 spiro atoms. The first-order chi connectivity index (χ1) is 15.3. The second kappa shape index (κ2) is 9.07. The topological polar surface area (TPSA) is 53.5 Å². The van der Waals surface area contributed by atoms with E-state index < -0.39 is 0 Å². The van der Waals surface area contributed by atoms with E-state index in [1.807, 2.05) is 30.8 Å². The summed E-state index contributed by atoms with van der Waals surface area (Å²) in [6.45, 7) is 2.52. The molecule has 0 saturated heterocycles. The molecule has 0 N–H and O–H groups in total. The molecule has 1 amide bonds. The highest BCUT2D eigenvalue weighted by Gasteiger charge is 2.33. The number of fused-ring (bicyclic) bond motifs is 1. The molecule has 1 fully saturated rings. The van der Waals surface area contributed by atoms with Gasteiger partial charge in [-0.3, -0.25) is 9.59 Å². The fourth-order valence-corrected chi connectivity index (χ4v) is 3.95. The van der Waals surface area contributed by atoms with Crippen LogP contribution in [0.15, 0.2) is 48.5 Å². The number of benzene rings is 2. The van der Waals surface area contributed by atoms with E-state index in [9.17, 15) is 14.0 Å². The Kier molecular flexibility index (Phi) is 6.21. The Labute approximate surface area is 187 Å². The van der Waals surface area contributed by atoms with Crippen molar-refractivity contribution in [2.24, 2.45) is 0 Å². The van der Waals surface area contributed by atoms with Gasteiger partial charge in [0.2, 0.25) is 5.91 Å². The molecule has 32 heavy (non-hydrogen) atoms. The SMILES string of the molecule is Cc1ccc2cc(CN(C(=O)CCC(=O)c3ccc(F)cc3)C3CC3)c(N(C)C)nc2c1. The Hall–Kier alpha value is -3.28. The first-order valence-electron chi connectivity index (χ1n) is 11.0. The monoisotopic (exact) mass is 433 g/mol. The van der Waals surface area contributed by atoms with Gasteiger partial charge in [-0.05, 0) is 61.7 Å². The number of pyridine rings is 1. The van der Waals surface area contributed by atoms with E-state index in [1.54, 1.807) is 0 Å². The van der Waals surface area contributed by atoms with Crippen LogP contribution in [-0.4, -0.2) is 41.7 Å². The van der Waals surface area contributed by atoms with Gasteiger partial charge in [-0.25, -0.2) is 9.37 Å². The highest BCUT2D eigenvalue weighted by Crippen LogP contribution is 2.32. The molecular weight excluding hydrogens is 405 g/mol. The summed E-state index contributed by atoms with van der Waals surface area (Å²) in [6.07, 6.45) is 2.22. The van der Waals surface area contributed by atoms with E-state index >= 15 is 0 Å². The van der Waals surface area contributed by atoms with Crippen molar-refractivity contribution < 1.29 is 14.0 Å². The minimum atomic E-state index is -0.381. The van der Waals surface area contributed by atoms with Gasteiger partial charge in [0.1, 0.15) is 11.6 Å². The van der Waals surface area contributed by atoms with Crippen molar-refractivity contribution >= 4 is 28.4 Å². The number of hydrogen-bond donors (Lipinski definition) is 0. The van der Waals surface area contributed by atoms with Gasteiger partial charge in [-0.2, -0.15) is 0 Å². The zero-order chi connectivity index (χ0) is 22.8. The molecule has 2 aromatic carbocycles. The quantitative estimate of drug-likeness (QED) is 0.474. The van der Waals surface area contributed by atoms with Gasteiger partial charge in [0.15, 0.2) is 5.78 Å². The average molecular weight is 434 g/mol. The number of Topliss-reactive ketones (excluding diaryl/α,β-unsaturated/α-hetero) is 1. The van der Waals surface area contributed by atoms with Crippen LogP contribution < -0.4 is 4.90 Å². The number of anilines is 1. The number of rotatable bonds is 8. The van der Waals surface area contributed by atoms with Crippen LogP contribution in [0.1, 0.15) is 47.2 Å². The van der Waals surface area contributed by atoms with E-state index in [4.69, 9.17) is 4.98 Å². The summed E-state index contributed by atoms with van der Waals surface area (Å²) in [5, 5.41) is 1.05. The zero-order valence-corrected chi connectivity index (χ0v) is 18.8. The lowest BCUT2D eigenvalue weighted by molar-refractivity contribution is -0.132. The molecule has 3 aromatic rings. The third-order valence-corrected chi connectivity index (χ3v) is 5.83. The number of hydrogen-bond acceptors (Lipinski definition) is 4. The molecular formula is C26H28FN3O2. The van der Waals surface area contributed by atoms with E-state index in [0.29, 0.717) is 12.1 Å². The van der Waals surface area contributed by atoms with Crippen molar-refractivity contribution in [1.82, 2.24) is 9.88 Å². The lowest BCUT2D eigenvalue weighted by Gasteiger charge is -2.25. The second-order valence-corrected chi connectivity index (χ2v) is 8.74. The highest BCUT2D eigenvalue weighted by molar-refractivity contribution is 5.98. The van der Waals surface area contributed by atoms with Crippen LogP contribution >= 0.6 is 0 Å². The van der Waals surface area contributed by atoms with Crippen LogP contribution in [-0.2, 0) is 11.3 Å². The van der Waals surface area contributed by atoms with Gasteiger partial charge in [0, 0.05) is 56.0 Å². The van der Waals surface area contributed by atoms with E-state index in [1.165, 1.54) is 24.3 Å². The van der Waals surface area contributed by atoms with Crippen molar-refractivity contribution in [3.05, 3.63) is 71.0 Å². The van der Waals surface area contributed by atoms with Crippen LogP contribution in [0.25, 0.3) is 10.9 Å². The lowest BCUT2D eigenvalue weighted by atomic mass is 10.1. The highest BCUT2D eigenvalue weighted by atomic mass is 19.1. The summed E-state index contributed by atoms with van der Waals surface area (Å²) in [4.78, 5) is 34.2. The fraction of sp³-hybridized carbons (Fsp3) is 0.346. The molecule has 6 heteroatoms. The van der Waals surface area contributed by atoms with Gasteiger partial charge in [-0.1, -0.05) is 12.1 Å². The maximum Gasteiger partial charge on any atom is 0.223 e. The summed E-state index contributed by atoms with van der Waals surface area (Å²) in [7, 11) is 3.91. The molecule has 0 aliphatic heterocycles. The van der Waals surface area contributed by atoms with Gasteiger partial charge in [0.05, 0.1) is 5.52 Å². The van der Waals surface area contributed by atoms with Crippen LogP contribution in [0.2, 0.25) is 0 Å². The first kappa shape index (κ1) is 21.9. The molecule has 166 valence electrons. The molecule has 1 aliphatic carbocycles. The zero-order valence-electron chi connectivity index (χ0n) is 18.8. The van der Waals surface area contributed by atoms with Crippen molar-refractivity contribution in [2.45, 2.75) is 45.2 Å². The summed E-state index contributed by atoms with van der Waals surface area (Å²) in [5.41, 5.74) is 3.52. The predicted molar refractivity (Wildman–Crippen MR) is 124 cm³/mol. The normalized spacial score (nSPS) is 13.2. The molecule has 1 aromatic heterocycles. The predicted octanol–water partition coefficient (Wildman–Crippen LogP) is 4.90. The second-order valence-electron chi connectivity index (χ2n) is 8.74. The molecule has 4 rings (SSSR count). The molecule has 0 unspecified atom stereocenters. The Bertz CT molecular complexity index is 1150. The molecule has 1 aliphatic rings. The van der Waals surface area contributed by atoms with E-state index in [-0.39, 0.29) is 36.4 Å².